The first kappa shape index (κ1) is 26.2. The van der Waals surface area contributed by atoms with E-state index in [4.69, 9.17) is 14.3 Å². The maximum Gasteiger partial charge on any atom is 0.191 e. The molecule has 1 aromatic heterocycles. The molecule has 2 heterocycles. The third kappa shape index (κ3) is 8.05. The second-order valence-electron chi connectivity index (χ2n) is 7.49. The van der Waals surface area contributed by atoms with Crippen LogP contribution in [0.3, 0.4) is 0 Å². The third-order valence-electron chi connectivity index (χ3n) is 5.74. The second kappa shape index (κ2) is 14.2. The number of guanidine groups is 1. The summed E-state index contributed by atoms with van der Waals surface area (Å²) in [7, 11) is 0. The van der Waals surface area contributed by atoms with Crippen LogP contribution < -0.4 is 10.6 Å². The first-order valence-electron chi connectivity index (χ1n) is 10.9. The molecule has 1 aliphatic rings. The van der Waals surface area contributed by atoms with Gasteiger partial charge in [0, 0.05) is 37.8 Å². The highest BCUT2D eigenvalue weighted by Crippen LogP contribution is 2.20. The molecule has 2 rings (SSSR count). The molecule has 8 heteroatoms. The van der Waals surface area contributed by atoms with Gasteiger partial charge in [-0.15, -0.1) is 24.0 Å². The number of hydrogen-bond donors (Lipinski definition) is 2. The fourth-order valence-electron chi connectivity index (χ4n) is 4.00. The number of nitrogens with zero attached hydrogens (tertiary/aromatic N) is 3. The summed E-state index contributed by atoms with van der Waals surface area (Å²) in [6.07, 6.45) is 3.25. The van der Waals surface area contributed by atoms with E-state index >= 15 is 0 Å². The number of morpholine rings is 1. The Kier molecular flexibility index (Phi) is 12.8. The van der Waals surface area contributed by atoms with Gasteiger partial charge in [0.05, 0.1) is 25.5 Å². The molecule has 0 aromatic carbocycles. The van der Waals surface area contributed by atoms with Gasteiger partial charge in [0.15, 0.2) is 5.96 Å². The van der Waals surface area contributed by atoms with Crippen LogP contribution in [0.2, 0.25) is 0 Å². The number of hydrogen-bond acceptors (Lipinski definition) is 5. The summed E-state index contributed by atoms with van der Waals surface area (Å²) in [5.41, 5.74) is 2.16. The first-order valence-corrected chi connectivity index (χ1v) is 10.9. The Bertz CT molecular complexity index is 578. The van der Waals surface area contributed by atoms with Gasteiger partial charge in [0.1, 0.15) is 5.76 Å². The number of nitrogens with one attached hydrogen (secondary N) is 2. The Morgan fingerprint density at radius 3 is 2.38 bits per heavy atom. The molecular formula is C21H40IN5O2. The lowest BCUT2D eigenvalue weighted by molar-refractivity contribution is 0.00395. The lowest BCUT2D eigenvalue weighted by Gasteiger charge is -2.38. The van der Waals surface area contributed by atoms with Crippen LogP contribution in [0.5, 0.6) is 0 Å². The summed E-state index contributed by atoms with van der Waals surface area (Å²) in [6.45, 7) is 16.8. The van der Waals surface area contributed by atoms with Gasteiger partial charge in [-0.05, 0) is 33.1 Å². The number of halogens is 1. The van der Waals surface area contributed by atoms with E-state index < -0.39 is 0 Å². The number of aryl methyl sites for hydroxylation is 2. The Hall–Kier alpha value is -0.870. The van der Waals surface area contributed by atoms with Crippen LogP contribution in [-0.2, 0) is 11.2 Å². The van der Waals surface area contributed by atoms with Crippen LogP contribution in [0.25, 0.3) is 0 Å². The molecule has 2 N–H and O–H groups in total. The summed E-state index contributed by atoms with van der Waals surface area (Å²) >= 11 is 0. The van der Waals surface area contributed by atoms with Crippen molar-refractivity contribution < 1.29 is 9.26 Å². The van der Waals surface area contributed by atoms with Gasteiger partial charge in [0.2, 0.25) is 0 Å². The maximum atomic E-state index is 5.55. The minimum atomic E-state index is 0. The van der Waals surface area contributed by atoms with Crippen molar-refractivity contribution in [3.8, 4) is 0 Å². The molecule has 168 valence electrons. The third-order valence-corrected chi connectivity index (χ3v) is 5.74. The molecule has 1 aromatic rings. The number of ether oxygens (including phenoxy) is 1. The first-order chi connectivity index (χ1) is 13.6. The molecule has 1 fully saturated rings. The molecule has 1 aliphatic heterocycles. The van der Waals surface area contributed by atoms with Crippen LogP contribution >= 0.6 is 24.0 Å². The zero-order valence-corrected chi connectivity index (χ0v) is 21.1. The predicted molar refractivity (Wildman–Crippen MR) is 129 cm³/mol. The van der Waals surface area contributed by atoms with Gasteiger partial charge in [-0.3, -0.25) is 9.89 Å². The van der Waals surface area contributed by atoms with Gasteiger partial charge < -0.3 is 19.9 Å². The minimum Gasteiger partial charge on any atom is -0.379 e. The normalized spacial score (nSPS) is 16.6. The molecule has 7 nitrogen and oxygen atoms in total. The van der Waals surface area contributed by atoms with Crippen molar-refractivity contribution >= 4 is 29.9 Å². The monoisotopic (exact) mass is 521 g/mol. The summed E-state index contributed by atoms with van der Waals surface area (Å²) in [5, 5.41) is 10.9. The van der Waals surface area contributed by atoms with Gasteiger partial charge in [0.25, 0.3) is 0 Å². The molecular weight excluding hydrogens is 481 g/mol. The van der Waals surface area contributed by atoms with Gasteiger partial charge in [-0.1, -0.05) is 31.8 Å². The second-order valence-corrected chi connectivity index (χ2v) is 7.49. The smallest absolute Gasteiger partial charge is 0.191 e. The highest BCUT2D eigenvalue weighted by atomic mass is 127. The van der Waals surface area contributed by atoms with Crippen molar-refractivity contribution in [3.63, 3.8) is 0 Å². The molecule has 1 atom stereocenters. The quantitative estimate of drug-likeness (QED) is 0.280. The highest BCUT2D eigenvalue weighted by Gasteiger charge is 2.26. The lowest BCUT2D eigenvalue weighted by atomic mass is 9.92. The maximum absolute atomic E-state index is 5.55. The van der Waals surface area contributed by atoms with Crippen LogP contribution in [-0.4, -0.2) is 68.0 Å². The zero-order valence-electron chi connectivity index (χ0n) is 18.8. The largest absolute Gasteiger partial charge is 0.379 e. The van der Waals surface area contributed by atoms with Crippen molar-refractivity contribution in [1.29, 1.82) is 0 Å². The molecule has 1 saturated heterocycles. The average Bonchev–Trinajstić information content (AvgIpc) is 3.03. The van der Waals surface area contributed by atoms with E-state index in [1.165, 1.54) is 18.4 Å². The Morgan fingerprint density at radius 2 is 1.83 bits per heavy atom. The molecule has 0 radical (unpaired) electrons. The Morgan fingerprint density at radius 1 is 1.14 bits per heavy atom. The average molecular weight is 521 g/mol. The van der Waals surface area contributed by atoms with Crippen LogP contribution in [0.4, 0.5) is 0 Å². The number of rotatable bonds is 10. The topological polar surface area (TPSA) is 74.9 Å². The van der Waals surface area contributed by atoms with E-state index in [9.17, 15) is 0 Å². The van der Waals surface area contributed by atoms with Crippen molar-refractivity contribution in [2.45, 2.75) is 59.9 Å². The summed E-state index contributed by atoms with van der Waals surface area (Å²) in [6, 6.07) is 0.469. The minimum absolute atomic E-state index is 0. The van der Waals surface area contributed by atoms with Crippen LogP contribution in [0, 0.1) is 19.8 Å². The van der Waals surface area contributed by atoms with Gasteiger partial charge in [-0.2, -0.15) is 0 Å². The Balaban J connectivity index is 0.00000420. The molecule has 0 saturated carbocycles. The zero-order chi connectivity index (χ0) is 20.4. The number of aliphatic imine (C=N–C) groups is 1. The summed E-state index contributed by atoms with van der Waals surface area (Å²) < 4.78 is 10.8. The van der Waals surface area contributed by atoms with Crippen molar-refractivity contribution in [2.24, 2.45) is 10.9 Å². The summed E-state index contributed by atoms with van der Waals surface area (Å²) in [5.74, 6) is 2.45. The van der Waals surface area contributed by atoms with E-state index in [2.05, 4.69) is 41.5 Å². The fraction of sp³-hybridized carbons (Fsp3) is 0.810. The Labute approximate surface area is 193 Å². The van der Waals surface area contributed by atoms with Crippen LogP contribution in [0.15, 0.2) is 9.52 Å². The van der Waals surface area contributed by atoms with E-state index in [-0.39, 0.29) is 24.0 Å². The van der Waals surface area contributed by atoms with E-state index in [0.717, 1.165) is 69.8 Å². The molecule has 1 unspecified atom stereocenters. The van der Waals surface area contributed by atoms with Gasteiger partial charge >= 0.3 is 0 Å². The molecule has 0 amide bonds. The van der Waals surface area contributed by atoms with E-state index in [1.54, 1.807) is 0 Å². The number of aromatic nitrogens is 1. The molecule has 0 aliphatic carbocycles. The van der Waals surface area contributed by atoms with Crippen molar-refractivity contribution in [3.05, 3.63) is 17.0 Å². The lowest BCUT2D eigenvalue weighted by Crippen LogP contribution is -2.49. The predicted octanol–water partition coefficient (Wildman–Crippen LogP) is 3.14. The molecule has 0 bridgehead atoms. The summed E-state index contributed by atoms with van der Waals surface area (Å²) in [4.78, 5) is 7.51. The SMILES string of the molecule is CCNC(=NCC(C(CC)CC)N1CCOCC1)NCCc1c(C)noc1C.I. The van der Waals surface area contributed by atoms with E-state index in [1.807, 2.05) is 13.8 Å². The van der Waals surface area contributed by atoms with Crippen LogP contribution in [0.1, 0.15) is 50.6 Å². The highest BCUT2D eigenvalue weighted by molar-refractivity contribution is 14.0. The van der Waals surface area contributed by atoms with Gasteiger partial charge in [-0.25, -0.2) is 0 Å². The molecule has 0 spiro atoms. The molecule has 29 heavy (non-hydrogen) atoms. The standard InChI is InChI=1S/C21H39N5O2.HI/c1-6-18(7-2)20(26-11-13-27-14-12-26)15-24-21(22-8-3)23-10-9-19-16(4)25-28-17(19)5;/h18,20H,6-15H2,1-5H3,(H2,22,23,24);1H. The van der Waals surface area contributed by atoms with E-state index in [0.29, 0.717) is 12.0 Å². The van der Waals surface area contributed by atoms with Crippen molar-refractivity contribution in [2.75, 3.05) is 45.9 Å². The van der Waals surface area contributed by atoms with Crippen molar-refractivity contribution in [1.82, 2.24) is 20.7 Å². The fourth-order valence-corrected chi connectivity index (χ4v) is 4.00.